The Morgan fingerprint density at radius 1 is 1.47 bits per heavy atom. The van der Waals surface area contributed by atoms with Crippen LogP contribution in [0.5, 0.6) is 0 Å². The number of rotatable bonds is 5. The number of hydrogen-bond donors (Lipinski definition) is 1. The quantitative estimate of drug-likeness (QED) is 0.892. The highest BCUT2D eigenvalue weighted by molar-refractivity contribution is 5.49. The fourth-order valence-corrected chi connectivity index (χ4v) is 1.78. The van der Waals surface area contributed by atoms with Crippen molar-refractivity contribution in [2.75, 3.05) is 6.61 Å². The molecule has 0 aromatic carbocycles. The van der Waals surface area contributed by atoms with Gasteiger partial charge in [-0.05, 0) is 32.4 Å². The van der Waals surface area contributed by atoms with Crippen molar-refractivity contribution < 1.29 is 9.26 Å². The summed E-state index contributed by atoms with van der Waals surface area (Å²) in [5.41, 5.74) is 0.532. The van der Waals surface area contributed by atoms with Crippen molar-refractivity contribution in [3.63, 3.8) is 0 Å². The first-order valence-corrected chi connectivity index (χ1v) is 6.20. The van der Waals surface area contributed by atoms with Gasteiger partial charge in [0.05, 0.1) is 0 Å². The van der Waals surface area contributed by atoms with Gasteiger partial charge < -0.3 is 14.2 Å². The topological polar surface area (TPSA) is 87.7 Å². The van der Waals surface area contributed by atoms with E-state index in [0.717, 1.165) is 6.42 Å². The second-order valence-corrected chi connectivity index (χ2v) is 4.34. The zero-order valence-electron chi connectivity index (χ0n) is 11.2. The van der Waals surface area contributed by atoms with Gasteiger partial charge in [0.25, 0.3) is 5.89 Å². The van der Waals surface area contributed by atoms with Gasteiger partial charge in [-0.25, -0.2) is 0 Å². The summed E-state index contributed by atoms with van der Waals surface area (Å²) in [5, 5.41) is 12.7. The highest BCUT2D eigenvalue weighted by atomic mass is 16.5. The van der Waals surface area contributed by atoms with Crippen LogP contribution in [-0.2, 0) is 10.3 Å². The van der Waals surface area contributed by atoms with Crippen molar-refractivity contribution in [3.8, 4) is 17.7 Å². The molecule has 6 nitrogen and oxygen atoms in total. The molecule has 0 radical (unpaired) electrons. The van der Waals surface area contributed by atoms with Crippen LogP contribution in [0, 0.1) is 11.3 Å². The molecule has 2 aromatic heterocycles. The number of aromatic amines is 1. The molecule has 0 aliphatic heterocycles. The van der Waals surface area contributed by atoms with Gasteiger partial charge in [0.2, 0.25) is 5.82 Å². The molecule has 0 aliphatic rings. The number of nitrogens with one attached hydrogen (secondary N) is 1. The number of ether oxygens (including phenoxy) is 1. The fraction of sp³-hybridized carbons (Fsp3) is 0.462. The lowest BCUT2D eigenvalue weighted by Gasteiger charge is -2.23. The van der Waals surface area contributed by atoms with E-state index in [1.54, 1.807) is 12.1 Å². The summed E-state index contributed by atoms with van der Waals surface area (Å²) in [7, 11) is 0. The van der Waals surface area contributed by atoms with Crippen LogP contribution >= 0.6 is 0 Å². The third-order valence-electron chi connectivity index (χ3n) is 3.07. The molecule has 6 heteroatoms. The highest BCUT2D eigenvalue weighted by Gasteiger charge is 2.31. The Hall–Kier alpha value is -2.13. The molecule has 1 atom stereocenters. The van der Waals surface area contributed by atoms with Crippen molar-refractivity contribution >= 4 is 0 Å². The van der Waals surface area contributed by atoms with Crippen molar-refractivity contribution in [1.29, 1.82) is 5.26 Å². The highest BCUT2D eigenvalue weighted by Crippen LogP contribution is 2.28. The summed E-state index contributed by atoms with van der Waals surface area (Å²) in [6, 6.07) is 5.42. The standard InChI is InChI=1S/C13H16N4O2/c1-4-13(3,18-5-2)12-16-11(19-17-12)10-7-6-9(8-14)15-10/h6-7,15H,4-5H2,1-3H3. The monoisotopic (exact) mass is 260 g/mol. The van der Waals surface area contributed by atoms with Gasteiger partial charge >= 0.3 is 0 Å². The van der Waals surface area contributed by atoms with Crippen LogP contribution in [0.3, 0.4) is 0 Å². The van der Waals surface area contributed by atoms with Gasteiger partial charge in [-0.15, -0.1) is 0 Å². The van der Waals surface area contributed by atoms with E-state index >= 15 is 0 Å². The number of H-pyrrole nitrogens is 1. The van der Waals surface area contributed by atoms with Crippen LogP contribution in [-0.4, -0.2) is 21.7 Å². The van der Waals surface area contributed by atoms with E-state index < -0.39 is 5.60 Å². The van der Waals surface area contributed by atoms with Crippen LogP contribution in [0.2, 0.25) is 0 Å². The van der Waals surface area contributed by atoms with E-state index in [4.69, 9.17) is 14.5 Å². The van der Waals surface area contributed by atoms with Crippen molar-refractivity contribution in [2.45, 2.75) is 32.8 Å². The predicted octanol–water partition coefficient (Wildman–Crippen LogP) is 2.60. The molecule has 0 saturated carbocycles. The first-order chi connectivity index (χ1) is 9.12. The fourth-order valence-electron chi connectivity index (χ4n) is 1.78. The summed E-state index contributed by atoms with van der Waals surface area (Å²) >= 11 is 0. The third kappa shape index (κ3) is 2.51. The lowest BCUT2D eigenvalue weighted by molar-refractivity contribution is -0.0403. The summed E-state index contributed by atoms with van der Waals surface area (Å²) < 4.78 is 10.9. The molecule has 100 valence electrons. The van der Waals surface area contributed by atoms with Crippen molar-refractivity contribution in [1.82, 2.24) is 15.1 Å². The van der Waals surface area contributed by atoms with Crippen molar-refractivity contribution in [2.24, 2.45) is 0 Å². The molecule has 2 aromatic rings. The summed E-state index contributed by atoms with van der Waals surface area (Å²) in [4.78, 5) is 7.24. The van der Waals surface area contributed by atoms with Gasteiger partial charge in [0.1, 0.15) is 23.1 Å². The Kier molecular flexibility index (Phi) is 3.67. The number of aromatic nitrogens is 3. The maximum atomic E-state index is 8.77. The van der Waals surface area contributed by atoms with Crippen LogP contribution in [0.15, 0.2) is 16.7 Å². The molecule has 1 N–H and O–H groups in total. The van der Waals surface area contributed by atoms with Crippen LogP contribution in [0.4, 0.5) is 0 Å². The average molecular weight is 260 g/mol. The molecule has 2 heterocycles. The number of hydrogen-bond acceptors (Lipinski definition) is 5. The molecular weight excluding hydrogens is 244 g/mol. The molecule has 0 spiro atoms. The molecule has 19 heavy (non-hydrogen) atoms. The Balaban J connectivity index is 2.30. The molecule has 0 bridgehead atoms. The molecule has 0 aliphatic carbocycles. The third-order valence-corrected chi connectivity index (χ3v) is 3.07. The summed E-state index contributed by atoms with van der Waals surface area (Å²) in [6.45, 7) is 6.45. The van der Waals surface area contributed by atoms with E-state index in [-0.39, 0.29) is 0 Å². The van der Waals surface area contributed by atoms with Gasteiger partial charge in [0.15, 0.2) is 0 Å². The first kappa shape index (κ1) is 13.3. The summed E-state index contributed by atoms with van der Waals surface area (Å²) in [6.07, 6.45) is 0.744. The van der Waals surface area contributed by atoms with E-state index in [1.807, 2.05) is 26.8 Å². The van der Waals surface area contributed by atoms with E-state index in [1.165, 1.54) is 0 Å². The van der Waals surface area contributed by atoms with Crippen LogP contribution in [0.25, 0.3) is 11.6 Å². The lowest BCUT2D eigenvalue weighted by Crippen LogP contribution is -2.26. The minimum absolute atomic E-state index is 0.357. The zero-order chi connectivity index (χ0) is 13.9. The number of nitriles is 1. The second-order valence-electron chi connectivity index (χ2n) is 4.34. The molecule has 2 rings (SSSR count). The van der Waals surface area contributed by atoms with Gasteiger partial charge in [-0.2, -0.15) is 10.2 Å². The van der Waals surface area contributed by atoms with E-state index in [2.05, 4.69) is 15.1 Å². The average Bonchev–Trinajstić information content (AvgIpc) is 3.07. The predicted molar refractivity (Wildman–Crippen MR) is 68.1 cm³/mol. The first-order valence-electron chi connectivity index (χ1n) is 6.20. The maximum Gasteiger partial charge on any atom is 0.274 e. The van der Waals surface area contributed by atoms with Gasteiger partial charge in [-0.3, -0.25) is 0 Å². The van der Waals surface area contributed by atoms with Gasteiger partial charge in [-0.1, -0.05) is 12.1 Å². The molecular formula is C13H16N4O2. The van der Waals surface area contributed by atoms with Gasteiger partial charge in [0, 0.05) is 6.61 Å². The SMILES string of the molecule is CCOC(C)(CC)c1noc(-c2ccc(C#N)[nH]2)n1. The van der Waals surface area contributed by atoms with E-state index in [9.17, 15) is 0 Å². The molecule has 0 fully saturated rings. The lowest BCUT2D eigenvalue weighted by atomic mass is 10.0. The smallest absolute Gasteiger partial charge is 0.274 e. The minimum Gasteiger partial charge on any atom is -0.367 e. The van der Waals surface area contributed by atoms with Crippen molar-refractivity contribution in [3.05, 3.63) is 23.7 Å². The number of nitrogens with zero attached hydrogens (tertiary/aromatic N) is 3. The van der Waals surface area contributed by atoms with E-state index in [0.29, 0.717) is 29.7 Å². The minimum atomic E-state index is -0.554. The summed E-state index contributed by atoms with van der Waals surface area (Å²) in [5.74, 6) is 0.871. The van der Waals surface area contributed by atoms with Crippen LogP contribution in [0.1, 0.15) is 38.7 Å². The zero-order valence-corrected chi connectivity index (χ0v) is 11.2. The largest absolute Gasteiger partial charge is 0.367 e. The molecule has 0 saturated heterocycles. The van der Waals surface area contributed by atoms with Crippen LogP contribution < -0.4 is 0 Å². The Morgan fingerprint density at radius 2 is 2.26 bits per heavy atom. The normalized spacial score (nSPS) is 14.0. The Labute approximate surface area is 111 Å². The second kappa shape index (κ2) is 5.24. The maximum absolute atomic E-state index is 8.77. The Morgan fingerprint density at radius 3 is 2.84 bits per heavy atom. The molecule has 0 amide bonds. The Bertz CT molecular complexity index is 596. The molecule has 1 unspecified atom stereocenters.